The average Bonchev–Trinajstić information content (AvgIpc) is 3.23. The van der Waals surface area contributed by atoms with Crippen molar-refractivity contribution in [1.29, 1.82) is 0 Å². The second-order valence-electron chi connectivity index (χ2n) is 6.20. The van der Waals surface area contributed by atoms with Gasteiger partial charge < -0.3 is 9.73 Å². The van der Waals surface area contributed by atoms with Crippen molar-refractivity contribution in [2.45, 2.75) is 38.9 Å². The zero-order valence-corrected chi connectivity index (χ0v) is 17.9. The van der Waals surface area contributed by atoms with Gasteiger partial charge in [-0.2, -0.15) is 0 Å². The molecule has 6 nitrogen and oxygen atoms in total. The molecule has 8 heteroatoms. The Bertz CT molecular complexity index is 951. The Hall–Kier alpha value is -2.06. The number of nitrogens with zero attached hydrogens (tertiary/aromatic N) is 3. The second-order valence-corrected chi connectivity index (χ2v) is 7.92. The van der Waals surface area contributed by atoms with E-state index in [1.54, 1.807) is 0 Å². The number of carbonyl (C=O) groups is 1. The minimum atomic E-state index is -0.0726. The van der Waals surface area contributed by atoms with Gasteiger partial charge in [-0.3, -0.25) is 9.36 Å². The lowest BCUT2D eigenvalue weighted by Crippen LogP contribution is -2.15. The number of amides is 1. The molecule has 0 atom stereocenters. The van der Waals surface area contributed by atoms with Crippen LogP contribution in [0.15, 0.2) is 44.6 Å². The normalized spacial score (nSPS) is 11.0. The lowest BCUT2D eigenvalue weighted by atomic mass is 10.1. The van der Waals surface area contributed by atoms with Crippen LogP contribution in [-0.2, 0) is 11.3 Å². The fourth-order valence-electron chi connectivity index (χ4n) is 2.58. The molecule has 0 aliphatic carbocycles. The number of hydrogen-bond acceptors (Lipinski definition) is 5. The summed E-state index contributed by atoms with van der Waals surface area (Å²) in [5, 5.41) is 12.1. The topological polar surface area (TPSA) is 73.0 Å². The SMILES string of the molecule is CCCn1c(SCC(=O)Nc2ccc(C)c(C)c2)nnc1-c1ccc(Br)o1. The number of nitrogens with one attached hydrogen (secondary N) is 1. The maximum atomic E-state index is 12.3. The van der Waals surface area contributed by atoms with E-state index in [0.717, 1.165) is 24.2 Å². The van der Waals surface area contributed by atoms with Crippen LogP contribution in [0.5, 0.6) is 0 Å². The van der Waals surface area contributed by atoms with Gasteiger partial charge in [-0.1, -0.05) is 24.8 Å². The van der Waals surface area contributed by atoms with E-state index in [2.05, 4.69) is 38.4 Å². The summed E-state index contributed by atoms with van der Waals surface area (Å²) < 4.78 is 8.23. The van der Waals surface area contributed by atoms with Crippen molar-refractivity contribution in [3.63, 3.8) is 0 Å². The quantitative estimate of drug-likeness (QED) is 0.511. The van der Waals surface area contributed by atoms with E-state index in [4.69, 9.17) is 4.42 Å². The first-order valence-corrected chi connectivity index (χ1v) is 10.4. The van der Waals surface area contributed by atoms with Crippen molar-refractivity contribution < 1.29 is 9.21 Å². The van der Waals surface area contributed by atoms with Gasteiger partial charge in [0.1, 0.15) is 0 Å². The predicted molar refractivity (Wildman–Crippen MR) is 111 cm³/mol. The highest BCUT2D eigenvalue weighted by Gasteiger charge is 2.17. The molecule has 0 spiro atoms. The van der Waals surface area contributed by atoms with Gasteiger partial charge in [0.15, 0.2) is 15.6 Å². The number of aromatic nitrogens is 3. The summed E-state index contributed by atoms with van der Waals surface area (Å²) in [4.78, 5) is 12.3. The molecule has 1 aromatic carbocycles. The number of halogens is 1. The number of rotatable bonds is 7. The number of hydrogen-bond donors (Lipinski definition) is 1. The molecule has 0 bridgehead atoms. The first kappa shape index (κ1) is 19.7. The molecule has 142 valence electrons. The van der Waals surface area contributed by atoms with Crippen LogP contribution in [0.3, 0.4) is 0 Å². The third-order valence-electron chi connectivity index (χ3n) is 4.08. The van der Waals surface area contributed by atoms with Gasteiger partial charge in [-0.05, 0) is 71.6 Å². The minimum Gasteiger partial charge on any atom is -0.446 e. The average molecular weight is 449 g/mol. The fraction of sp³-hybridized carbons (Fsp3) is 0.316. The molecule has 27 heavy (non-hydrogen) atoms. The molecule has 0 aliphatic heterocycles. The van der Waals surface area contributed by atoms with Crippen LogP contribution in [0, 0.1) is 13.8 Å². The Kier molecular flexibility index (Phi) is 6.38. The van der Waals surface area contributed by atoms with Crippen LogP contribution in [0.25, 0.3) is 11.6 Å². The largest absolute Gasteiger partial charge is 0.446 e. The second kappa shape index (κ2) is 8.75. The number of furan rings is 1. The van der Waals surface area contributed by atoms with E-state index in [0.29, 0.717) is 21.4 Å². The first-order valence-electron chi connectivity index (χ1n) is 8.66. The summed E-state index contributed by atoms with van der Waals surface area (Å²) in [6.07, 6.45) is 0.926. The molecule has 2 aromatic heterocycles. The third-order valence-corrected chi connectivity index (χ3v) is 5.47. The fourth-order valence-corrected chi connectivity index (χ4v) is 3.65. The predicted octanol–water partition coefficient (Wildman–Crippen LogP) is 5.06. The number of carbonyl (C=O) groups excluding carboxylic acids is 1. The van der Waals surface area contributed by atoms with E-state index in [1.807, 2.05) is 48.7 Å². The molecule has 3 aromatic rings. The maximum absolute atomic E-state index is 12.3. The van der Waals surface area contributed by atoms with E-state index < -0.39 is 0 Å². The Morgan fingerprint density at radius 2 is 2.04 bits per heavy atom. The molecule has 0 unspecified atom stereocenters. The van der Waals surface area contributed by atoms with E-state index in [1.165, 1.54) is 17.3 Å². The summed E-state index contributed by atoms with van der Waals surface area (Å²) in [5.74, 6) is 1.50. The summed E-state index contributed by atoms with van der Waals surface area (Å²) in [6, 6.07) is 9.57. The Morgan fingerprint density at radius 1 is 1.22 bits per heavy atom. The molecule has 2 heterocycles. The number of benzene rings is 1. The molecule has 0 saturated heterocycles. The van der Waals surface area contributed by atoms with Crippen molar-refractivity contribution in [3.05, 3.63) is 46.1 Å². The smallest absolute Gasteiger partial charge is 0.234 e. The molecule has 0 fully saturated rings. The zero-order chi connectivity index (χ0) is 19.4. The molecule has 0 aliphatic rings. The lowest BCUT2D eigenvalue weighted by Gasteiger charge is -2.09. The molecular formula is C19H21BrN4O2S. The van der Waals surface area contributed by atoms with Crippen LogP contribution in [0.1, 0.15) is 24.5 Å². The van der Waals surface area contributed by atoms with Gasteiger partial charge in [0.05, 0.1) is 5.75 Å². The van der Waals surface area contributed by atoms with Gasteiger partial charge >= 0.3 is 0 Å². The van der Waals surface area contributed by atoms with Crippen LogP contribution >= 0.6 is 27.7 Å². The standard InChI is InChI=1S/C19H21BrN4O2S/c1-4-9-24-18(15-7-8-16(20)26-15)22-23-19(24)27-11-17(25)21-14-6-5-12(2)13(3)10-14/h5-8,10H,4,9,11H2,1-3H3,(H,21,25). The van der Waals surface area contributed by atoms with Gasteiger partial charge in [0, 0.05) is 12.2 Å². The number of anilines is 1. The van der Waals surface area contributed by atoms with Gasteiger partial charge in [0.25, 0.3) is 0 Å². The third kappa shape index (κ3) is 4.81. The molecule has 1 amide bonds. The van der Waals surface area contributed by atoms with Crippen molar-refractivity contribution in [2.75, 3.05) is 11.1 Å². The van der Waals surface area contributed by atoms with E-state index in [9.17, 15) is 4.79 Å². The Labute approximate surface area is 170 Å². The first-order chi connectivity index (χ1) is 13.0. The monoisotopic (exact) mass is 448 g/mol. The summed E-state index contributed by atoms with van der Waals surface area (Å²) in [7, 11) is 0. The van der Waals surface area contributed by atoms with Crippen molar-refractivity contribution in [1.82, 2.24) is 14.8 Å². The molecule has 0 radical (unpaired) electrons. The molecular weight excluding hydrogens is 428 g/mol. The van der Waals surface area contributed by atoms with Crippen LogP contribution in [0.2, 0.25) is 0 Å². The van der Waals surface area contributed by atoms with Crippen molar-refractivity contribution >= 4 is 39.3 Å². The van der Waals surface area contributed by atoms with Crippen LogP contribution < -0.4 is 5.32 Å². The van der Waals surface area contributed by atoms with Crippen LogP contribution in [-0.4, -0.2) is 26.4 Å². The maximum Gasteiger partial charge on any atom is 0.234 e. The number of thioether (sulfide) groups is 1. The summed E-state index contributed by atoms with van der Waals surface area (Å²) >= 11 is 4.68. The Morgan fingerprint density at radius 3 is 2.70 bits per heavy atom. The Balaban J connectivity index is 1.69. The highest BCUT2D eigenvalue weighted by Crippen LogP contribution is 2.27. The van der Waals surface area contributed by atoms with Crippen molar-refractivity contribution in [3.8, 4) is 11.6 Å². The highest BCUT2D eigenvalue weighted by molar-refractivity contribution is 9.10. The lowest BCUT2D eigenvalue weighted by molar-refractivity contribution is -0.113. The summed E-state index contributed by atoms with van der Waals surface area (Å²) in [6.45, 7) is 6.92. The van der Waals surface area contributed by atoms with Crippen LogP contribution in [0.4, 0.5) is 5.69 Å². The molecule has 1 N–H and O–H groups in total. The molecule has 3 rings (SSSR count). The highest BCUT2D eigenvalue weighted by atomic mass is 79.9. The van der Waals surface area contributed by atoms with E-state index in [-0.39, 0.29) is 11.7 Å². The van der Waals surface area contributed by atoms with Gasteiger partial charge in [0.2, 0.25) is 11.7 Å². The van der Waals surface area contributed by atoms with Crippen molar-refractivity contribution in [2.24, 2.45) is 0 Å². The zero-order valence-electron chi connectivity index (χ0n) is 15.5. The van der Waals surface area contributed by atoms with Gasteiger partial charge in [-0.25, -0.2) is 0 Å². The minimum absolute atomic E-state index is 0.0726. The number of aryl methyl sites for hydroxylation is 2. The molecule has 0 saturated carbocycles. The summed E-state index contributed by atoms with van der Waals surface area (Å²) in [5.41, 5.74) is 3.16. The van der Waals surface area contributed by atoms with E-state index >= 15 is 0 Å². The van der Waals surface area contributed by atoms with Gasteiger partial charge in [-0.15, -0.1) is 10.2 Å².